The summed E-state index contributed by atoms with van der Waals surface area (Å²) >= 11 is 0. The van der Waals surface area contributed by atoms with Gasteiger partial charge in [-0.25, -0.2) is 9.59 Å². The lowest BCUT2D eigenvalue weighted by atomic mass is 10.3. The average Bonchev–Trinajstić information content (AvgIpc) is 2.11. The lowest BCUT2D eigenvalue weighted by Crippen LogP contribution is -2.17. The normalized spacial score (nSPS) is 8.53. The van der Waals surface area contributed by atoms with Crippen molar-refractivity contribution in [3.63, 3.8) is 0 Å². The molecule has 0 aliphatic carbocycles. The zero-order valence-corrected chi connectivity index (χ0v) is 7.82. The highest BCUT2D eigenvalue weighted by Gasteiger charge is 2.13. The van der Waals surface area contributed by atoms with Crippen molar-refractivity contribution in [3.8, 4) is 0 Å². The molecule has 10 heteroatoms. The molecule has 0 radical (unpaired) electrons. The summed E-state index contributed by atoms with van der Waals surface area (Å²) in [4.78, 5) is 27.7. The Hall–Kier alpha value is -1.20. The highest BCUT2D eigenvalue weighted by Crippen LogP contribution is 1.82. The lowest BCUT2D eigenvalue weighted by Gasteiger charge is -1.99. The largest absolute Gasteiger partial charge is 0.631 e. The Labute approximate surface area is 84.9 Å². The SMILES string of the molecule is CCOCOOC(=O)C(=O)O.OB(O)O. The quantitative estimate of drug-likeness (QED) is 0.102. The molecule has 0 aliphatic heterocycles. The molecule has 0 saturated heterocycles. The maximum absolute atomic E-state index is 10.1. The third-order valence-corrected chi connectivity index (χ3v) is 0.645. The molecule has 0 atom stereocenters. The molecule has 15 heavy (non-hydrogen) atoms. The van der Waals surface area contributed by atoms with Crippen molar-refractivity contribution in [3.05, 3.63) is 0 Å². The van der Waals surface area contributed by atoms with Gasteiger partial charge in [0.2, 0.25) is 0 Å². The molecular weight excluding hydrogens is 215 g/mol. The fourth-order valence-electron chi connectivity index (χ4n) is 0.231. The third-order valence-electron chi connectivity index (χ3n) is 0.645. The van der Waals surface area contributed by atoms with Crippen LogP contribution in [-0.4, -0.2) is 52.8 Å². The number of ether oxygens (including phenoxy) is 1. The molecule has 0 rings (SSSR count). The van der Waals surface area contributed by atoms with Crippen molar-refractivity contribution in [1.29, 1.82) is 0 Å². The van der Waals surface area contributed by atoms with Gasteiger partial charge in [0.1, 0.15) is 0 Å². The Morgan fingerprint density at radius 3 is 2.07 bits per heavy atom. The van der Waals surface area contributed by atoms with E-state index in [0.717, 1.165) is 0 Å². The summed E-state index contributed by atoms with van der Waals surface area (Å²) in [6, 6.07) is 0. The molecule has 0 aromatic rings. The van der Waals surface area contributed by atoms with Gasteiger partial charge in [0, 0.05) is 6.61 Å². The number of carboxylic acids is 1. The molecule has 4 N–H and O–H groups in total. The van der Waals surface area contributed by atoms with Crippen LogP contribution in [0.5, 0.6) is 0 Å². The van der Waals surface area contributed by atoms with Gasteiger partial charge in [-0.2, -0.15) is 4.89 Å². The van der Waals surface area contributed by atoms with E-state index in [-0.39, 0.29) is 6.79 Å². The van der Waals surface area contributed by atoms with Gasteiger partial charge in [0.05, 0.1) is 0 Å². The van der Waals surface area contributed by atoms with Crippen LogP contribution in [0.4, 0.5) is 0 Å². The topological polar surface area (TPSA) is 143 Å². The summed E-state index contributed by atoms with van der Waals surface area (Å²) in [5.74, 6) is -3.17. The van der Waals surface area contributed by atoms with Gasteiger partial charge in [-0.05, 0) is 6.92 Å². The second kappa shape index (κ2) is 10.9. The van der Waals surface area contributed by atoms with E-state index in [1.807, 2.05) is 0 Å². The predicted octanol–water partition coefficient (Wildman–Crippen LogP) is -2.51. The molecular formula is C5H11BO9. The first-order chi connectivity index (χ1) is 6.91. The number of hydrogen-bond acceptors (Lipinski definition) is 8. The third kappa shape index (κ3) is 19.3. The first-order valence-corrected chi connectivity index (χ1v) is 3.60. The van der Waals surface area contributed by atoms with E-state index in [0.29, 0.717) is 6.61 Å². The fraction of sp³-hybridized carbons (Fsp3) is 0.600. The monoisotopic (exact) mass is 226 g/mol. The van der Waals surface area contributed by atoms with E-state index in [9.17, 15) is 9.59 Å². The minimum atomic E-state index is -2.17. The number of carboxylic acid groups (broad SMARTS) is 1. The minimum Gasteiger partial charge on any atom is -0.473 e. The Morgan fingerprint density at radius 2 is 1.73 bits per heavy atom. The first kappa shape index (κ1) is 16.2. The fourth-order valence-corrected chi connectivity index (χ4v) is 0.231. The highest BCUT2D eigenvalue weighted by atomic mass is 17.2. The van der Waals surface area contributed by atoms with Gasteiger partial charge in [0.25, 0.3) is 0 Å². The number of rotatable bonds is 4. The second-order valence-electron chi connectivity index (χ2n) is 1.75. The van der Waals surface area contributed by atoms with Gasteiger partial charge in [0.15, 0.2) is 6.79 Å². The van der Waals surface area contributed by atoms with Crippen molar-refractivity contribution >= 4 is 19.3 Å². The Morgan fingerprint density at radius 1 is 1.27 bits per heavy atom. The molecule has 0 aromatic carbocycles. The Balaban J connectivity index is 0. The maximum atomic E-state index is 10.1. The molecule has 0 heterocycles. The Kier molecular flexibility index (Phi) is 11.8. The van der Waals surface area contributed by atoms with E-state index >= 15 is 0 Å². The van der Waals surface area contributed by atoms with E-state index in [1.54, 1.807) is 6.92 Å². The number of carbonyl (C=O) groups excluding carboxylic acids is 1. The summed E-state index contributed by atoms with van der Waals surface area (Å²) in [6.07, 6.45) is 0. The molecule has 0 aliphatic rings. The van der Waals surface area contributed by atoms with Gasteiger partial charge < -0.3 is 24.9 Å². The molecule has 0 spiro atoms. The van der Waals surface area contributed by atoms with Crippen molar-refractivity contribution in [1.82, 2.24) is 0 Å². The van der Waals surface area contributed by atoms with Crippen molar-refractivity contribution < 1.29 is 44.3 Å². The lowest BCUT2D eigenvalue weighted by molar-refractivity contribution is -0.308. The van der Waals surface area contributed by atoms with Crippen LogP contribution in [0.2, 0.25) is 0 Å². The molecule has 0 aromatic heterocycles. The van der Waals surface area contributed by atoms with Crippen LogP contribution in [0.3, 0.4) is 0 Å². The van der Waals surface area contributed by atoms with E-state index in [4.69, 9.17) is 20.2 Å². The summed E-state index contributed by atoms with van der Waals surface area (Å²) < 4.78 is 4.57. The zero-order valence-electron chi connectivity index (χ0n) is 7.82. The van der Waals surface area contributed by atoms with Crippen molar-refractivity contribution in [2.45, 2.75) is 6.92 Å². The van der Waals surface area contributed by atoms with Crippen LogP contribution in [-0.2, 0) is 24.1 Å². The van der Waals surface area contributed by atoms with E-state index in [1.165, 1.54) is 0 Å². The van der Waals surface area contributed by atoms with Crippen LogP contribution in [0.25, 0.3) is 0 Å². The smallest absolute Gasteiger partial charge is 0.473 e. The molecule has 0 fully saturated rings. The molecule has 0 saturated carbocycles. The number of hydrogen-bond donors (Lipinski definition) is 4. The Bertz CT molecular complexity index is 179. The van der Waals surface area contributed by atoms with Gasteiger partial charge in [-0.1, -0.05) is 0 Å². The second-order valence-corrected chi connectivity index (χ2v) is 1.75. The molecule has 0 unspecified atom stereocenters. The van der Waals surface area contributed by atoms with Crippen LogP contribution >= 0.6 is 0 Å². The zero-order chi connectivity index (χ0) is 12.3. The molecule has 0 bridgehead atoms. The predicted molar refractivity (Wildman–Crippen MR) is 43.7 cm³/mol. The van der Waals surface area contributed by atoms with Crippen molar-refractivity contribution in [2.24, 2.45) is 0 Å². The van der Waals surface area contributed by atoms with Gasteiger partial charge in [-0.15, -0.1) is 0 Å². The van der Waals surface area contributed by atoms with Crippen LogP contribution in [0, 0.1) is 0 Å². The molecule has 88 valence electrons. The summed E-state index contributed by atoms with van der Waals surface area (Å²) in [7, 11) is -2.17. The van der Waals surface area contributed by atoms with E-state index < -0.39 is 19.3 Å². The van der Waals surface area contributed by atoms with Gasteiger partial charge in [-0.3, -0.25) is 4.89 Å². The molecule has 0 amide bonds. The van der Waals surface area contributed by atoms with E-state index in [2.05, 4.69) is 14.5 Å². The summed E-state index contributed by atoms with van der Waals surface area (Å²) in [5.41, 5.74) is 0. The van der Waals surface area contributed by atoms with Crippen molar-refractivity contribution in [2.75, 3.05) is 13.4 Å². The number of carbonyl (C=O) groups is 2. The van der Waals surface area contributed by atoms with Crippen LogP contribution in [0.15, 0.2) is 0 Å². The highest BCUT2D eigenvalue weighted by molar-refractivity contribution is 6.30. The standard InChI is InChI=1S/C5H8O6.BH3O3/c1-2-9-3-10-11-5(8)4(6)7;2-1(3)4/h2-3H2,1H3,(H,6,7);2-4H. The van der Waals surface area contributed by atoms with Gasteiger partial charge >= 0.3 is 19.3 Å². The number of aliphatic carboxylic acids is 1. The van der Waals surface area contributed by atoms with Crippen LogP contribution < -0.4 is 0 Å². The first-order valence-electron chi connectivity index (χ1n) is 3.60. The maximum Gasteiger partial charge on any atom is 0.631 e. The minimum absolute atomic E-state index is 0.268. The average molecular weight is 226 g/mol. The van der Waals surface area contributed by atoms with Crippen LogP contribution in [0.1, 0.15) is 6.92 Å². The summed E-state index contributed by atoms with van der Waals surface area (Å²) in [6.45, 7) is 1.84. The summed E-state index contributed by atoms with van der Waals surface area (Å²) in [5, 5.41) is 29.4. The molecule has 9 nitrogen and oxygen atoms in total.